The van der Waals surface area contributed by atoms with Crippen LogP contribution in [0.5, 0.6) is 0 Å². The van der Waals surface area contributed by atoms with Crippen LogP contribution < -0.4 is 5.32 Å². The summed E-state index contributed by atoms with van der Waals surface area (Å²) >= 11 is 0. The smallest absolute Gasteiger partial charge is 0.227 e. The number of hydrogen-bond donors (Lipinski definition) is 1. The minimum Gasteiger partial charge on any atom is -0.340 e. The maximum Gasteiger partial charge on any atom is 0.227 e. The van der Waals surface area contributed by atoms with E-state index in [1.165, 1.54) is 18.2 Å². The zero-order valence-electron chi connectivity index (χ0n) is 10.2. The number of hydrogen-bond acceptors (Lipinski definition) is 2. The highest BCUT2D eigenvalue weighted by Gasteiger charge is 2.22. The predicted molar refractivity (Wildman–Crippen MR) is 64.1 cm³/mol. The van der Waals surface area contributed by atoms with Gasteiger partial charge in [-0.1, -0.05) is 6.07 Å². The molecule has 1 heterocycles. The van der Waals surface area contributed by atoms with E-state index in [2.05, 4.69) is 5.32 Å². The molecule has 0 spiro atoms. The second-order valence-electron chi connectivity index (χ2n) is 4.57. The largest absolute Gasteiger partial charge is 0.340 e. The molecule has 5 heteroatoms. The molecule has 1 saturated heterocycles. The van der Waals surface area contributed by atoms with Gasteiger partial charge in [0.25, 0.3) is 0 Å². The van der Waals surface area contributed by atoms with Crippen LogP contribution >= 0.6 is 0 Å². The highest BCUT2D eigenvalue weighted by atomic mass is 19.1. The van der Waals surface area contributed by atoms with Crippen molar-refractivity contribution in [2.45, 2.75) is 19.4 Å². The Morgan fingerprint density at radius 1 is 1.44 bits per heavy atom. The first kappa shape index (κ1) is 13.0. The molecule has 0 bridgehead atoms. The summed E-state index contributed by atoms with van der Waals surface area (Å²) in [4.78, 5) is 13.6. The van der Waals surface area contributed by atoms with Crippen LogP contribution in [-0.4, -0.2) is 36.5 Å². The number of benzene rings is 1. The van der Waals surface area contributed by atoms with E-state index in [-0.39, 0.29) is 23.9 Å². The van der Waals surface area contributed by atoms with Crippen LogP contribution in [0, 0.1) is 11.6 Å². The first-order valence-electron chi connectivity index (χ1n) is 6.02. The van der Waals surface area contributed by atoms with Gasteiger partial charge in [0.2, 0.25) is 5.91 Å². The minimum absolute atomic E-state index is 0.145. The van der Waals surface area contributed by atoms with Gasteiger partial charge in [-0.15, -0.1) is 0 Å². The summed E-state index contributed by atoms with van der Waals surface area (Å²) in [5.74, 6) is -1.55. The van der Waals surface area contributed by atoms with Crippen molar-refractivity contribution >= 4 is 5.91 Å². The molecule has 1 aromatic rings. The van der Waals surface area contributed by atoms with E-state index in [1.54, 1.807) is 4.90 Å². The van der Waals surface area contributed by atoms with Crippen molar-refractivity contribution in [2.24, 2.45) is 0 Å². The van der Waals surface area contributed by atoms with Gasteiger partial charge in [-0.05, 0) is 19.1 Å². The second kappa shape index (κ2) is 5.44. The van der Waals surface area contributed by atoms with Crippen LogP contribution in [0.1, 0.15) is 12.5 Å². The zero-order valence-corrected chi connectivity index (χ0v) is 10.2. The third-order valence-electron chi connectivity index (χ3n) is 3.11. The zero-order chi connectivity index (χ0) is 13.1. The summed E-state index contributed by atoms with van der Waals surface area (Å²) in [7, 11) is 0. The summed E-state index contributed by atoms with van der Waals surface area (Å²) in [6.45, 7) is 3.85. The lowest BCUT2D eigenvalue weighted by Gasteiger charge is -2.32. The van der Waals surface area contributed by atoms with Crippen molar-refractivity contribution in [3.8, 4) is 0 Å². The third kappa shape index (κ3) is 2.85. The van der Waals surface area contributed by atoms with Gasteiger partial charge >= 0.3 is 0 Å². The Balaban J connectivity index is 2.07. The molecule has 1 aromatic carbocycles. The van der Waals surface area contributed by atoms with E-state index >= 15 is 0 Å². The molecule has 1 aliphatic rings. The summed E-state index contributed by atoms with van der Waals surface area (Å²) in [6.07, 6.45) is -0.217. The molecule has 1 aliphatic heterocycles. The van der Waals surface area contributed by atoms with E-state index < -0.39 is 11.6 Å². The third-order valence-corrected chi connectivity index (χ3v) is 3.11. The summed E-state index contributed by atoms with van der Waals surface area (Å²) in [5.41, 5.74) is -0.145. The van der Waals surface area contributed by atoms with Crippen molar-refractivity contribution in [3.63, 3.8) is 0 Å². The maximum absolute atomic E-state index is 13.4. The first-order valence-corrected chi connectivity index (χ1v) is 6.02. The van der Waals surface area contributed by atoms with Gasteiger partial charge in [0, 0.05) is 31.2 Å². The van der Waals surface area contributed by atoms with Crippen LogP contribution in [0.2, 0.25) is 0 Å². The van der Waals surface area contributed by atoms with E-state index in [1.807, 2.05) is 6.92 Å². The van der Waals surface area contributed by atoms with Gasteiger partial charge < -0.3 is 10.2 Å². The molecule has 2 rings (SSSR count). The summed E-state index contributed by atoms with van der Waals surface area (Å²) in [5, 5.41) is 3.21. The van der Waals surface area contributed by atoms with Crippen LogP contribution in [0.15, 0.2) is 18.2 Å². The average molecular weight is 254 g/mol. The lowest BCUT2D eigenvalue weighted by Crippen LogP contribution is -2.51. The molecular formula is C13H16F2N2O. The van der Waals surface area contributed by atoms with Crippen molar-refractivity contribution in [2.75, 3.05) is 19.6 Å². The van der Waals surface area contributed by atoms with E-state index in [0.29, 0.717) is 19.6 Å². The monoisotopic (exact) mass is 254 g/mol. The number of amides is 1. The fraction of sp³-hybridized carbons (Fsp3) is 0.462. The molecule has 1 amide bonds. The highest BCUT2D eigenvalue weighted by molar-refractivity contribution is 5.79. The Labute approximate surface area is 105 Å². The van der Waals surface area contributed by atoms with Crippen LogP contribution in [0.4, 0.5) is 8.78 Å². The summed E-state index contributed by atoms with van der Waals surface area (Å²) in [6, 6.07) is 3.86. The molecule has 1 fully saturated rings. The molecule has 0 aromatic heterocycles. The minimum atomic E-state index is -0.661. The molecule has 1 unspecified atom stereocenters. The molecular weight excluding hydrogens is 238 g/mol. The lowest BCUT2D eigenvalue weighted by molar-refractivity contribution is -0.131. The quantitative estimate of drug-likeness (QED) is 0.863. The van der Waals surface area contributed by atoms with Gasteiger partial charge in [-0.25, -0.2) is 8.78 Å². The first-order chi connectivity index (χ1) is 8.58. The maximum atomic E-state index is 13.4. The van der Waals surface area contributed by atoms with Crippen molar-refractivity contribution in [1.82, 2.24) is 10.2 Å². The van der Waals surface area contributed by atoms with Crippen molar-refractivity contribution in [1.29, 1.82) is 0 Å². The molecule has 18 heavy (non-hydrogen) atoms. The number of rotatable bonds is 2. The Bertz CT molecular complexity index is 430. The van der Waals surface area contributed by atoms with Gasteiger partial charge in [-0.3, -0.25) is 4.79 Å². The number of halogens is 2. The normalized spacial score (nSPS) is 19.9. The standard InChI is InChI=1S/C13H16F2N2O/c1-9-8-17(6-5-16-9)13(18)7-10-11(14)3-2-4-12(10)15/h2-4,9,16H,5-8H2,1H3. The summed E-state index contributed by atoms with van der Waals surface area (Å²) < 4.78 is 26.9. The van der Waals surface area contributed by atoms with Gasteiger partial charge in [0.1, 0.15) is 11.6 Å². The lowest BCUT2D eigenvalue weighted by atomic mass is 10.1. The highest BCUT2D eigenvalue weighted by Crippen LogP contribution is 2.14. The van der Waals surface area contributed by atoms with Crippen molar-refractivity contribution in [3.05, 3.63) is 35.4 Å². The number of carbonyl (C=O) groups is 1. The Hall–Kier alpha value is -1.49. The second-order valence-corrected chi connectivity index (χ2v) is 4.57. The van der Waals surface area contributed by atoms with Gasteiger partial charge in [0.15, 0.2) is 0 Å². The molecule has 0 radical (unpaired) electrons. The number of nitrogens with one attached hydrogen (secondary N) is 1. The fourth-order valence-corrected chi connectivity index (χ4v) is 2.12. The van der Waals surface area contributed by atoms with Gasteiger partial charge in [-0.2, -0.15) is 0 Å². The van der Waals surface area contributed by atoms with Crippen molar-refractivity contribution < 1.29 is 13.6 Å². The van der Waals surface area contributed by atoms with E-state index in [9.17, 15) is 13.6 Å². The molecule has 0 aliphatic carbocycles. The van der Waals surface area contributed by atoms with Crippen LogP contribution in [0.3, 0.4) is 0 Å². The molecule has 98 valence electrons. The van der Waals surface area contributed by atoms with E-state index in [0.717, 1.165) is 0 Å². The van der Waals surface area contributed by atoms with Crippen LogP contribution in [0.25, 0.3) is 0 Å². The van der Waals surface area contributed by atoms with Crippen LogP contribution in [-0.2, 0) is 11.2 Å². The van der Waals surface area contributed by atoms with E-state index in [4.69, 9.17) is 0 Å². The Kier molecular flexibility index (Phi) is 3.91. The molecule has 1 atom stereocenters. The molecule has 3 nitrogen and oxygen atoms in total. The number of nitrogens with zero attached hydrogens (tertiary/aromatic N) is 1. The average Bonchev–Trinajstić information content (AvgIpc) is 2.34. The Morgan fingerprint density at radius 2 is 2.11 bits per heavy atom. The van der Waals surface area contributed by atoms with Gasteiger partial charge in [0.05, 0.1) is 6.42 Å². The fourth-order valence-electron chi connectivity index (χ4n) is 2.12. The predicted octanol–water partition coefficient (Wildman–Crippen LogP) is 1.33. The Morgan fingerprint density at radius 3 is 2.72 bits per heavy atom. The topological polar surface area (TPSA) is 32.3 Å². The number of piperazine rings is 1. The molecule has 1 N–H and O–H groups in total. The SMILES string of the molecule is CC1CN(C(=O)Cc2c(F)cccc2F)CCN1. The number of carbonyl (C=O) groups excluding carboxylic acids is 1. The molecule has 0 saturated carbocycles.